The van der Waals surface area contributed by atoms with Gasteiger partial charge in [0, 0.05) is 33.6 Å². The summed E-state index contributed by atoms with van der Waals surface area (Å²) in [5.74, 6) is -0.302. The Kier molecular flexibility index (Phi) is 4.25. The Morgan fingerprint density at radius 1 is 1.22 bits per heavy atom. The SMILES string of the molecule is C[S@](=O)Cc1ccccc1NC(=O)c1cc2cc(F)ccc2[nH]1. The Balaban J connectivity index is 1.87. The Bertz CT molecular complexity index is 904. The smallest absolute Gasteiger partial charge is 0.272 e. The highest BCUT2D eigenvalue weighted by Gasteiger charge is 2.12. The molecule has 1 heterocycles. The fourth-order valence-electron chi connectivity index (χ4n) is 2.40. The van der Waals surface area contributed by atoms with Crippen molar-refractivity contribution in [1.29, 1.82) is 0 Å². The number of hydrogen-bond acceptors (Lipinski definition) is 2. The molecule has 0 fully saturated rings. The topological polar surface area (TPSA) is 62.0 Å². The third-order valence-corrected chi connectivity index (χ3v) is 4.17. The molecule has 6 heteroatoms. The Morgan fingerprint density at radius 2 is 2.00 bits per heavy atom. The predicted octanol–water partition coefficient (Wildman–Crippen LogP) is 3.44. The highest BCUT2D eigenvalue weighted by Crippen LogP contribution is 2.20. The molecule has 0 bridgehead atoms. The van der Waals surface area contributed by atoms with Crippen LogP contribution in [0.25, 0.3) is 10.9 Å². The number of benzene rings is 2. The number of anilines is 1. The van der Waals surface area contributed by atoms with Crippen LogP contribution in [0.4, 0.5) is 10.1 Å². The van der Waals surface area contributed by atoms with Gasteiger partial charge in [0.15, 0.2) is 0 Å². The summed E-state index contributed by atoms with van der Waals surface area (Å²) in [5.41, 5.74) is 2.47. The van der Waals surface area contributed by atoms with Crippen LogP contribution >= 0.6 is 0 Å². The lowest BCUT2D eigenvalue weighted by Gasteiger charge is -2.09. The van der Waals surface area contributed by atoms with Gasteiger partial charge in [-0.05, 0) is 35.9 Å². The first-order chi connectivity index (χ1) is 11.0. The molecule has 2 N–H and O–H groups in total. The van der Waals surface area contributed by atoms with Crippen molar-refractivity contribution in [3.8, 4) is 0 Å². The van der Waals surface area contributed by atoms with E-state index in [0.717, 1.165) is 5.56 Å². The molecule has 1 amide bonds. The maximum absolute atomic E-state index is 13.2. The van der Waals surface area contributed by atoms with Crippen molar-refractivity contribution in [3.05, 3.63) is 65.6 Å². The summed E-state index contributed by atoms with van der Waals surface area (Å²) in [4.78, 5) is 15.4. The molecule has 3 rings (SSSR count). The highest BCUT2D eigenvalue weighted by molar-refractivity contribution is 7.83. The number of carbonyl (C=O) groups is 1. The van der Waals surface area contributed by atoms with Gasteiger partial charge in [0.1, 0.15) is 11.5 Å². The van der Waals surface area contributed by atoms with E-state index in [1.54, 1.807) is 30.5 Å². The molecule has 0 aliphatic heterocycles. The number of amides is 1. The van der Waals surface area contributed by atoms with Crippen LogP contribution in [0.1, 0.15) is 16.1 Å². The van der Waals surface area contributed by atoms with Gasteiger partial charge in [-0.3, -0.25) is 9.00 Å². The van der Waals surface area contributed by atoms with Gasteiger partial charge < -0.3 is 10.3 Å². The number of para-hydroxylation sites is 1. The summed E-state index contributed by atoms with van der Waals surface area (Å²) in [5, 5.41) is 3.45. The van der Waals surface area contributed by atoms with E-state index in [0.29, 0.717) is 28.0 Å². The largest absolute Gasteiger partial charge is 0.351 e. The first-order valence-corrected chi connectivity index (χ1v) is 8.73. The minimum absolute atomic E-state index is 0.323. The Hall–Kier alpha value is -2.47. The van der Waals surface area contributed by atoms with E-state index in [9.17, 15) is 13.4 Å². The van der Waals surface area contributed by atoms with E-state index in [4.69, 9.17) is 0 Å². The quantitative estimate of drug-likeness (QED) is 0.770. The predicted molar refractivity (Wildman–Crippen MR) is 90.4 cm³/mol. The molecular weight excluding hydrogens is 315 g/mol. The number of H-pyrrole nitrogens is 1. The molecule has 4 nitrogen and oxygen atoms in total. The van der Waals surface area contributed by atoms with Crippen molar-refractivity contribution in [1.82, 2.24) is 4.98 Å². The van der Waals surface area contributed by atoms with E-state index < -0.39 is 10.8 Å². The van der Waals surface area contributed by atoms with Crippen LogP contribution in [0.15, 0.2) is 48.5 Å². The molecule has 0 unspecified atom stereocenters. The zero-order valence-corrected chi connectivity index (χ0v) is 13.2. The summed E-state index contributed by atoms with van der Waals surface area (Å²) in [6.45, 7) is 0. The minimum atomic E-state index is -1.00. The van der Waals surface area contributed by atoms with Gasteiger partial charge in [-0.15, -0.1) is 0 Å². The van der Waals surface area contributed by atoms with Crippen LogP contribution in [-0.4, -0.2) is 21.4 Å². The van der Waals surface area contributed by atoms with Gasteiger partial charge in [-0.1, -0.05) is 18.2 Å². The average molecular weight is 330 g/mol. The Morgan fingerprint density at radius 3 is 2.78 bits per heavy atom. The van der Waals surface area contributed by atoms with Crippen molar-refractivity contribution < 1.29 is 13.4 Å². The molecule has 3 aromatic rings. The van der Waals surface area contributed by atoms with Crippen molar-refractivity contribution in [2.24, 2.45) is 0 Å². The fourth-order valence-corrected chi connectivity index (χ4v) is 3.09. The average Bonchev–Trinajstić information content (AvgIpc) is 2.92. The number of rotatable bonds is 4. The van der Waals surface area contributed by atoms with Gasteiger partial charge in [-0.2, -0.15) is 0 Å². The first-order valence-electron chi connectivity index (χ1n) is 7.00. The lowest BCUT2D eigenvalue weighted by atomic mass is 10.2. The normalized spacial score (nSPS) is 12.3. The van der Waals surface area contributed by atoms with E-state index >= 15 is 0 Å². The third-order valence-electron chi connectivity index (χ3n) is 3.45. The monoisotopic (exact) mass is 330 g/mol. The number of halogens is 1. The van der Waals surface area contributed by atoms with E-state index in [2.05, 4.69) is 10.3 Å². The Labute approximate surface area is 135 Å². The standard InChI is InChI=1S/C17H15FN2O2S/c1-23(22)10-11-4-2-3-5-14(11)20-17(21)16-9-12-8-13(18)6-7-15(12)19-16/h2-9,19H,10H2,1H3,(H,20,21)/t23-/m0/s1. The molecule has 0 saturated carbocycles. The van der Waals surface area contributed by atoms with Crippen molar-refractivity contribution >= 4 is 33.3 Å². The van der Waals surface area contributed by atoms with Crippen molar-refractivity contribution in [2.75, 3.05) is 11.6 Å². The number of fused-ring (bicyclic) bond motifs is 1. The van der Waals surface area contributed by atoms with Crippen LogP contribution in [0, 0.1) is 5.82 Å². The highest BCUT2D eigenvalue weighted by atomic mass is 32.2. The second-order valence-corrected chi connectivity index (χ2v) is 6.68. The van der Waals surface area contributed by atoms with Gasteiger partial charge in [0.25, 0.3) is 5.91 Å². The van der Waals surface area contributed by atoms with E-state index in [-0.39, 0.29) is 11.7 Å². The second kappa shape index (κ2) is 6.34. The molecule has 0 aliphatic carbocycles. The summed E-state index contributed by atoms with van der Waals surface area (Å²) in [6, 6.07) is 13.1. The molecule has 23 heavy (non-hydrogen) atoms. The van der Waals surface area contributed by atoms with Crippen LogP contribution in [0.5, 0.6) is 0 Å². The summed E-state index contributed by atoms with van der Waals surface area (Å²) >= 11 is 0. The molecule has 0 radical (unpaired) electrons. The van der Waals surface area contributed by atoms with Gasteiger partial charge in [0.2, 0.25) is 0 Å². The summed E-state index contributed by atoms with van der Waals surface area (Å²) in [6.07, 6.45) is 1.62. The fraction of sp³-hybridized carbons (Fsp3) is 0.118. The van der Waals surface area contributed by atoms with Crippen molar-refractivity contribution in [3.63, 3.8) is 0 Å². The maximum Gasteiger partial charge on any atom is 0.272 e. The van der Waals surface area contributed by atoms with Crippen LogP contribution in [-0.2, 0) is 16.6 Å². The van der Waals surface area contributed by atoms with E-state index in [1.165, 1.54) is 12.1 Å². The molecular formula is C17H15FN2O2S. The lowest BCUT2D eigenvalue weighted by molar-refractivity contribution is 0.102. The minimum Gasteiger partial charge on any atom is -0.351 e. The third kappa shape index (κ3) is 3.48. The first kappa shape index (κ1) is 15.4. The molecule has 1 atom stereocenters. The molecule has 1 aromatic heterocycles. The van der Waals surface area contributed by atoms with Crippen LogP contribution < -0.4 is 5.32 Å². The van der Waals surface area contributed by atoms with Crippen molar-refractivity contribution in [2.45, 2.75) is 5.75 Å². The zero-order valence-electron chi connectivity index (χ0n) is 12.4. The van der Waals surface area contributed by atoms with Gasteiger partial charge >= 0.3 is 0 Å². The van der Waals surface area contributed by atoms with Gasteiger partial charge in [-0.25, -0.2) is 4.39 Å². The molecule has 2 aromatic carbocycles. The van der Waals surface area contributed by atoms with E-state index in [1.807, 2.05) is 12.1 Å². The van der Waals surface area contributed by atoms with Gasteiger partial charge in [0.05, 0.1) is 5.75 Å². The molecule has 118 valence electrons. The van der Waals surface area contributed by atoms with Crippen LogP contribution in [0.3, 0.4) is 0 Å². The lowest BCUT2D eigenvalue weighted by Crippen LogP contribution is -2.14. The molecule has 0 spiro atoms. The molecule has 0 saturated heterocycles. The number of aromatic amines is 1. The second-order valence-electron chi connectivity index (χ2n) is 5.24. The summed E-state index contributed by atoms with van der Waals surface area (Å²) < 4.78 is 24.7. The maximum atomic E-state index is 13.2. The number of carbonyl (C=O) groups excluding carboxylic acids is 1. The zero-order chi connectivity index (χ0) is 16.4. The van der Waals surface area contributed by atoms with Crippen LogP contribution in [0.2, 0.25) is 0 Å². The summed E-state index contributed by atoms with van der Waals surface area (Å²) in [7, 11) is -1.00. The number of hydrogen-bond donors (Lipinski definition) is 2. The number of aromatic nitrogens is 1. The molecule has 0 aliphatic rings. The number of nitrogens with one attached hydrogen (secondary N) is 2.